The van der Waals surface area contributed by atoms with Crippen molar-refractivity contribution in [2.24, 2.45) is 22.3 Å². The van der Waals surface area contributed by atoms with Crippen molar-refractivity contribution in [1.29, 1.82) is 0 Å². The molecular formula is C32H60N2O3. The third-order valence-electron chi connectivity index (χ3n) is 8.61. The second-order valence-electron chi connectivity index (χ2n) is 12.0. The van der Waals surface area contributed by atoms with E-state index in [1.165, 1.54) is 89.9 Å². The van der Waals surface area contributed by atoms with Crippen molar-refractivity contribution < 1.29 is 14.7 Å². The van der Waals surface area contributed by atoms with Crippen LogP contribution in [0.3, 0.4) is 0 Å². The van der Waals surface area contributed by atoms with Crippen LogP contribution in [-0.4, -0.2) is 16.9 Å². The third-order valence-corrected chi connectivity index (χ3v) is 8.61. The fraction of sp³-hybridized carbons (Fsp3) is 0.875. The molecule has 37 heavy (non-hydrogen) atoms. The highest BCUT2D eigenvalue weighted by atomic mass is 16.3. The molecule has 0 fully saturated rings. The highest BCUT2D eigenvalue weighted by Crippen LogP contribution is 2.50. The number of amides is 2. The van der Waals surface area contributed by atoms with E-state index in [0.29, 0.717) is 19.3 Å². The summed E-state index contributed by atoms with van der Waals surface area (Å²) in [6, 6.07) is 0. The molecule has 0 aromatic rings. The molecule has 2 unspecified atom stereocenters. The van der Waals surface area contributed by atoms with E-state index in [0.717, 1.165) is 38.5 Å². The van der Waals surface area contributed by atoms with Gasteiger partial charge < -0.3 is 16.6 Å². The number of rotatable bonds is 24. The second kappa shape index (κ2) is 19.5. The van der Waals surface area contributed by atoms with Crippen molar-refractivity contribution in [2.75, 3.05) is 0 Å². The van der Waals surface area contributed by atoms with E-state index < -0.39 is 22.6 Å². The Balaban J connectivity index is 2.51. The Kier molecular flexibility index (Phi) is 17.7. The summed E-state index contributed by atoms with van der Waals surface area (Å²) in [7, 11) is 0. The van der Waals surface area contributed by atoms with Crippen LogP contribution in [0.4, 0.5) is 0 Å². The second-order valence-corrected chi connectivity index (χ2v) is 12.0. The minimum atomic E-state index is -0.976. The third kappa shape index (κ3) is 13.2. The van der Waals surface area contributed by atoms with Crippen molar-refractivity contribution in [1.82, 2.24) is 0 Å². The van der Waals surface area contributed by atoms with Gasteiger partial charge in [-0.2, -0.15) is 0 Å². The first-order chi connectivity index (χ1) is 17.8. The number of nitrogens with two attached hydrogens (primary N) is 2. The SMILES string of the molecule is CCCCCCCCCCCCC1(C(N)=O)C=C(O)CC(CCCCCCCCCCCC)(C(N)=O)C1. The number of unbranched alkanes of at least 4 members (excludes halogenated alkanes) is 18. The van der Waals surface area contributed by atoms with Gasteiger partial charge in [-0.25, -0.2) is 0 Å². The Morgan fingerprint density at radius 2 is 1.03 bits per heavy atom. The zero-order chi connectivity index (χ0) is 27.4. The Labute approximate surface area is 228 Å². The maximum Gasteiger partial charge on any atom is 0.227 e. The predicted molar refractivity (Wildman–Crippen MR) is 156 cm³/mol. The average Bonchev–Trinajstić information content (AvgIpc) is 2.85. The highest BCUT2D eigenvalue weighted by molar-refractivity contribution is 5.87. The van der Waals surface area contributed by atoms with Gasteiger partial charge in [0.2, 0.25) is 11.8 Å². The van der Waals surface area contributed by atoms with Crippen LogP contribution in [0.1, 0.15) is 168 Å². The van der Waals surface area contributed by atoms with Crippen LogP contribution in [0.25, 0.3) is 0 Å². The lowest BCUT2D eigenvalue weighted by Crippen LogP contribution is -2.49. The fourth-order valence-electron chi connectivity index (χ4n) is 6.23. The van der Waals surface area contributed by atoms with E-state index in [1.807, 2.05) is 0 Å². The normalized spacial score (nSPS) is 21.6. The van der Waals surface area contributed by atoms with Crippen molar-refractivity contribution in [3.63, 3.8) is 0 Å². The van der Waals surface area contributed by atoms with E-state index in [9.17, 15) is 14.7 Å². The van der Waals surface area contributed by atoms with Crippen LogP contribution in [0.2, 0.25) is 0 Å². The van der Waals surface area contributed by atoms with Gasteiger partial charge >= 0.3 is 0 Å². The van der Waals surface area contributed by atoms with E-state index >= 15 is 0 Å². The molecule has 5 nitrogen and oxygen atoms in total. The minimum absolute atomic E-state index is 0.100. The van der Waals surface area contributed by atoms with Crippen molar-refractivity contribution in [3.05, 3.63) is 11.8 Å². The summed E-state index contributed by atoms with van der Waals surface area (Å²) in [5.41, 5.74) is 9.98. The van der Waals surface area contributed by atoms with Gasteiger partial charge in [-0.05, 0) is 25.3 Å². The first-order valence-corrected chi connectivity index (χ1v) is 15.8. The van der Waals surface area contributed by atoms with E-state index in [1.54, 1.807) is 6.08 Å². The standard InChI is InChI=1S/C32H60N2O3/c1-3-5-7-9-11-13-15-17-19-21-23-31(29(33)36)25-28(35)26-32(27-31,30(34)37)24-22-20-18-16-14-12-10-8-6-4-2/h25,35H,3-24,26-27H2,1-2H3,(H2,33,36)(H2,34,37). The zero-order valence-corrected chi connectivity index (χ0v) is 24.5. The molecule has 0 radical (unpaired) electrons. The van der Waals surface area contributed by atoms with Crippen LogP contribution in [0.5, 0.6) is 0 Å². The lowest BCUT2D eigenvalue weighted by Gasteiger charge is -2.42. The van der Waals surface area contributed by atoms with Gasteiger partial charge in [0.25, 0.3) is 0 Å². The van der Waals surface area contributed by atoms with E-state index in [2.05, 4.69) is 13.8 Å². The molecule has 5 N–H and O–H groups in total. The Hall–Kier alpha value is -1.52. The zero-order valence-electron chi connectivity index (χ0n) is 24.5. The smallest absolute Gasteiger partial charge is 0.227 e. The monoisotopic (exact) mass is 520 g/mol. The van der Waals surface area contributed by atoms with Crippen LogP contribution < -0.4 is 11.5 Å². The first kappa shape index (κ1) is 33.5. The van der Waals surface area contributed by atoms with Crippen LogP contribution in [-0.2, 0) is 9.59 Å². The number of hydrogen-bond donors (Lipinski definition) is 3. The number of carbonyl (C=O) groups excluding carboxylic acids is 2. The molecule has 1 aliphatic rings. The molecule has 0 saturated heterocycles. The molecular weight excluding hydrogens is 460 g/mol. The summed E-state index contributed by atoms with van der Waals surface area (Å²) >= 11 is 0. The van der Waals surface area contributed by atoms with Gasteiger partial charge in [0.15, 0.2) is 0 Å². The quantitative estimate of drug-likeness (QED) is 0.111. The Morgan fingerprint density at radius 1 is 0.649 bits per heavy atom. The Morgan fingerprint density at radius 3 is 1.41 bits per heavy atom. The summed E-state index contributed by atoms with van der Waals surface area (Å²) in [5, 5.41) is 10.6. The van der Waals surface area contributed by atoms with Crippen LogP contribution in [0, 0.1) is 10.8 Å². The summed E-state index contributed by atoms with van der Waals surface area (Å²) in [4.78, 5) is 25.4. The highest BCUT2D eigenvalue weighted by Gasteiger charge is 2.50. The molecule has 0 bridgehead atoms. The van der Waals surface area contributed by atoms with Gasteiger partial charge in [0, 0.05) is 6.42 Å². The van der Waals surface area contributed by atoms with E-state index in [4.69, 9.17) is 11.5 Å². The molecule has 5 heteroatoms. The van der Waals surface area contributed by atoms with Crippen molar-refractivity contribution in [3.8, 4) is 0 Å². The molecule has 2 atom stereocenters. The molecule has 1 rings (SSSR count). The van der Waals surface area contributed by atoms with Gasteiger partial charge in [-0.15, -0.1) is 0 Å². The molecule has 0 saturated carbocycles. The number of aliphatic hydroxyl groups excluding tert-OH is 1. The average molecular weight is 521 g/mol. The molecule has 0 aliphatic heterocycles. The summed E-state index contributed by atoms with van der Waals surface area (Å²) in [6.45, 7) is 4.48. The topological polar surface area (TPSA) is 106 Å². The molecule has 0 aromatic heterocycles. The van der Waals surface area contributed by atoms with Gasteiger partial charge in [-0.3, -0.25) is 9.59 Å². The molecule has 0 heterocycles. The van der Waals surface area contributed by atoms with Crippen LogP contribution in [0.15, 0.2) is 11.8 Å². The minimum Gasteiger partial charge on any atom is -0.513 e. The molecule has 0 aromatic carbocycles. The predicted octanol–water partition coefficient (Wildman–Crippen LogP) is 8.79. The van der Waals surface area contributed by atoms with Gasteiger partial charge in [0.05, 0.1) is 16.6 Å². The number of aliphatic hydroxyl groups is 1. The molecule has 216 valence electrons. The molecule has 1 aliphatic carbocycles. The lowest BCUT2D eigenvalue weighted by molar-refractivity contribution is -0.136. The fourth-order valence-corrected chi connectivity index (χ4v) is 6.23. The first-order valence-electron chi connectivity index (χ1n) is 15.8. The van der Waals surface area contributed by atoms with Crippen molar-refractivity contribution in [2.45, 2.75) is 168 Å². The molecule has 0 spiro atoms. The van der Waals surface area contributed by atoms with Gasteiger partial charge in [0.1, 0.15) is 0 Å². The summed E-state index contributed by atoms with van der Waals surface area (Å²) < 4.78 is 0. The number of hydrogen-bond acceptors (Lipinski definition) is 3. The number of allylic oxidation sites excluding steroid dienone is 1. The maximum atomic E-state index is 12.7. The van der Waals surface area contributed by atoms with Gasteiger partial charge in [-0.1, -0.05) is 142 Å². The molecule has 2 amide bonds. The summed E-state index contributed by atoms with van der Waals surface area (Å²) in [6.07, 6.45) is 27.8. The number of carbonyl (C=O) groups is 2. The Bertz CT molecular complexity index is 662. The van der Waals surface area contributed by atoms with Crippen LogP contribution >= 0.6 is 0 Å². The lowest BCUT2D eigenvalue weighted by atomic mass is 9.60. The number of primary amides is 2. The largest absolute Gasteiger partial charge is 0.513 e. The maximum absolute atomic E-state index is 12.7. The summed E-state index contributed by atoms with van der Waals surface area (Å²) in [5.74, 6) is -0.747. The van der Waals surface area contributed by atoms with Crippen molar-refractivity contribution >= 4 is 11.8 Å². The van der Waals surface area contributed by atoms with E-state index in [-0.39, 0.29) is 12.2 Å².